The van der Waals surface area contributed by atoms with Gasteiger partial charge in [0.2, 0.25) is 0 Å². The minimum absolute atomic E-state index is 0.0725. The molecule has 0 radical (unpaired) electrons. The van der Waals surface area contributed by atoms with E-state index in [-0.39, 0.29) is 18.0 Å². The Bertz CT molecular complexity index is 1010. The van der Waals surface area contributed by atoms with Gasteiger partial charge in [-0.2, -0.15) is 5.10 Å². The number of pyridine rings is 1. The van der Waals surface area contributed by atoms with Gasteiger partial charge >= 0.3 is 0 Å². The van der Waals surface area contributed by atoms with Gasteiger partial charge in [-0.1, -0.05) is 29.8 Å². The van der Waals surface area contributed by atoms with E-state index in [9.17, 15) is 9.59 Å². The summed E-state index contributed by atoms with van der Waals surface area (Å²) in [5.74, 6) is -0.355. The average molecular weight is 386 g/mol. The highest BCUT2D eigenvalue weighted by Gasteiger charge is 2.07. The third-order valence-electron chi connectivity index (χ3n) is 3.65. The molecule has 0 aliphatic carbocycles. The lowest BCUT2D eigenvalue weighted by atomic mass is 10.2. The standard InChI is InChI=1S/C19H16ClN3O2S/c1-13(21-22-18(24)12-23-11-3-2-4-19(23)25)16-9-10-17(26-16)14-5-7-15(20)8-6-14/h2-11H,12H2,1H3,(H,22,24)/b21-13-. The maximum Gasteiger partial charge on any atom is 0.260 e. The van der Waals surface area contributed by atoms with Crippen molar-refractivity contribution in [1.82, 2.24) is 9.99 Å². The van der Waals surface area contributed by atoms with Gasteiger partial charge in [0, 0.05) is 22.2 Å². The van der Waals surface area contributed by atoms with Crippen LogP contribution in [0.4, 0.5) is 0 Å². The van der Waals surface area contributed by atoms with Gasteiger partial charge in [0.05, 0.1) is 10.6 Å². The van der Waals surface area contributed by atoms with Crippen molar-refractivity contribution in [2.75, 3.05) is 0 Å². The molecule has 5 nitrogen and oxygen atoms in total. The van der Waals surface area contributed by atoms with Crippen molar-refractivity contribution in [2.45, 2.75) is 13.5 Å². The van der Waals surface area contributed by atoms with E-state index < -0.39 is 0 Å². The number of carbonyl (C=O) groups is 1. The minimum atomic E-state index is -0.355. The number of hydrogen-bond acceptors (Lipinski definition) is 4. The normalized spacial score (nSPS) is 11.4. The average Bonchev–Trinajstić information content (AvgIpc) is 3.12. The predicted molar refractivity (Wildman–Crippen MR) is 106 cm³/mol. The number of benzene rings is 1. The van der Waals surface area contributed by atoms with Crippen LogP contribution < -0.4 is 11.0 Å². The van der Waals surface area contributed by atoms with Crippen LogP contribution in [-0.4, -0.2) is 16.2 Å². The highest BCUT2D eigenvalue weighted by molar-refractivity contribution is 7.17. The summed E-state index contributed by atoms with van der Waals surface area (Å²) in [6, 6.07) is 16.3. The van der Waals surface area contributed by atoms with Gasteiger partial charge in [-0.15, -0.1) is 11.3 Å². The molecule has 7 heteroatoms. The summed E-state index contributed by atoms with van der Waals surface area (Å²) in [5, 5.41) is 4.83. The van der Waals surface area contributed by atoms with Gasteiger partial charge < -0.3 is 4.57 Å². The van der Waals surface area contributed by atoms with E-state index in [0.717, 1.165) is 15.3 Å². The zero-order chi connectivity index (χ0) is 18.5. The Morgan fingerprint density at radius 2 is 1.92 bits per heavy atom. The Hall–Kier alpha value is -2.70. The molecular formula is C19H16ClN3O2S. The largest absolute Gasteiger partial charge is 0.306 e. The fourth-order valence-corrected chi connectivity index (χ4v) is 3.37. The summed E-state index contributed by atoms with van der Waals surface area (Å²) in [4.78, 5) is 25.6. The fraction of sp³-hybridized carbons (Fsp3) is 0.105. The molecule has 1 aromatic carbocycles. The smallest absolute Gasteiger partial charge is 0.260 e. The van der Waals surface area contributed by atoms with Crippen LogP contribution in [0.15, 0.2) is 70.7 Å². The highest BCUT2D eigenvalue weighted by Crippen LogP contribution is 2.29. The Kier molecular flexibility index (Phi) is 5.65. The topological polar surface area (TPSA) is 63.5 Å². The van der Waals surface area contributed by atoms with Crippen LogP contribution in [0.1, 0.15) is 11.8 Å². The van der Waals surface area contributed by atoms with Gasteiger partial charge in [-0.05, 0) is 42.8 Å². The van der Waals surface area contributed by atoms with Crippen molar-refractivity contribution in [3.05, 3.63) is 81.0 Å². The number of hydrazone groups is 1. The summed E-state index contributed by atoms with van der Waals surface area (Å²) in [6.45, 7) is 1.75. The van der Waals surface area contributed by atoms with Crippen LogP contribution >= 0.6 is 22.9 Å². The molecule has 3 rings (SSSR count). The molecule has 26 heavy (non-hydrogen) atoms. The molecule has 0 fully saturated rings. The number of amides is 1. The lowest BCUT2D eigenvalue weighted by molar-refractivity contribution is -0.121. The number of carbonyl (C=O) groups excluding carboxylic acids is 1. The zero-order valence-electron chi connectivity index (χ0n) is 14.0. The Labute approximate surface area is 159 Å². The molecule has 1 amide bonds. The second-order valence-corrected chi connectivity index (χ2v) is 7.09. The van der Waals surface area contributed by atoms with Crippen LogP contribution in [0.2, 0.25) is 5.02 Å². The van der Waals surface area contributed by atoms with Gasteiger partial charge in [-0.25, -0.2) is 5.43 Å². The third-order valence-corrected chi connectivity index (χ3v) is 5.15. The summed E-state index contributed by atoms with van der Waals surface area (Å²) < 4.78 is 1.32. The molecule has 132 valence electrons. The highest BCUT2D eigenvalue weighted by atomic mass is 35.5. The van der Waals surface area contributed by atoms with Crippen LogP contribution in [0.3, 0.4) is 0 Å². The van der Waals surface area contributed by atoms with E-state index in [0.29, 0.717) is 10.7 Å². The SMILES string of the molecule is C/C(=N/NC(=O)Cn1ccccc1=O)c1ccc(-c2ccc(Cl)cc2)s1. The van der Waals surface area contributed by atoms with Gasteiger partial charge in [-0.3, -0.25) is 9.59 Å². The Morgan fingerprint density at radius 3 is 2.65 bits per heavy atom. The molecule has 1 N–H and O–H groups in total. The molecule has 0 aliphatic heterocycles. The molecule has 0 spiro atoms. The van der Waals surface area contributed by atoms with Crippen molar-refractivity contribution in [3.63, 3.8) is 0 Å². The monoisotopic (exact) mass is 385 g/mol. The molecule has 2 heterocycles. The lowest BCUT2D eigenvalue weighted by Crippen LogP contribution is -2.29. The molecule has 3 aromatic rings. The maximum atomic E-state index is 12.0. The summed E-state index contributed by atoms with van der Waals surface area (Å²) in [7, 11) is 0. The van der Waals surface area contributed by atoms with Gasteiger partial charge in [0.15, 0.2) is 0 Å². The molecule has 0 atom stereocenters. The zero-order valence-corrected chi connectivity index (χ0v) is 15.6. The van der Waals surface area contributed by atoms with Crippen LogP contribution in [0, 0.1) is 0 Å². The lowest BCUT2D eigenvalue weighted by Gasteiger charge is -2.04. The molecular weight excluding hydrogens is 370 g/mol. The second-order valence-electron chi connectivity index (χ2n) is 5.57. The Balaban J connectivity index is 1.66. The van der Waals surface area contributed by atoms with Crippen LogP contribution in [-0.2, 0) is 11.3 Å². The number of nitrogens with zero attached hydrogens (tertiary/aromatic N) is 2. The van der Waals surface area contributed by atoms with E-state index in [2.05, 4.69) is 10.5 Å². The quantitative estimate of drug-likeness (QED) is 0.536. The van der Waals surface area contributed by atoms with Crippen molar-refractivity contribution < 1.29 is 4.79 Å². The number of thiophene rings is 1. The minimum Gasteiger partial charge on any atom is -0.306 e. The molecule has 2 aromatic heterocycles. The number of hydrogen-bond donors (Lipinski definition) is 1. The molecule has 0 aliphatic rings. The van der Waals surface area contributed by atoms with E-state index >= 15 is 0 Å². The third kappa shape index (κ3) is 4.47. The number of halogens is 1. The van der Waals surface area contributed by atoms with E-state index in [1.54, 1.807) is 29.7 Å². The van der Waals surface area contributed by atoms with Crippen molar-refractivity contribution >= 4 is 34.6 Å². The number of rotatable bonds is 5. The van der Waals surface area contributed by atoms with E-state index in [1.165, 1.54) is 10.6 Å². The van der Waals surface area contributed by atoms with Crippen molar-refractivity contribution in [3.8, 4) is 10.4 Å². The van der Waals surface area contributed by atoms with E-state index in [1.807, 2.05) is 43.3 Å². The first-order valence-electron chi connectivity index (χ1n) is 7.88. The van der Waals surface area contributed by atoms with Crippen molar-refractivity contribution in [1.29, 1.82) is 0 Å². The molecule has 0 saturated heterocycles. The fourth-order valence-electron chi connectivity index (χ4n) is 2.28. The van der Waals surface area contributed by atoms with Crippen molar-refractivity contribution in [2.24, 2.45) is 5.10 Å². The summed E-state index contributed by atoms with van der Waals surface area (Å²) >= 11 is 7.49. The van der Waals surface area contributed by atoms with Gasteiger partial charge in [0.1, 0.15) is 6.54 Å². The van der Waals surface area contributed by atoms with Gasteiger partial charge in [0.25, 0.3) is 11.5 Å². The molecule has 0 saturated carbocycles. The second kappa shape index (κ2) is 8.12. The number of aromatic nitrogens is 1. The van der Waals surface area contributed by atoms with E-state index in [4.69, 9.17) is 11.6 Å². The van der Waals surface area contributed by atoms with Crippen LogP contribution in [0.25, 0.3) is 10.4 Å². The first kappa shape index (κ1) is 18.1. The Morgan fingerprint density at radius 1 is 1.15 bits per heavy atom. The predicted octanol–water partition coefficient (Wildman–Crippen LogP) is 3.77. The first-order chi connectivity index (χ1) is 12.5. The number of nitrogens with one attached hydrogen (secondary N) is 1. The van der Waals surface area contributed by atoms with Crippen LogP contribution in [0.5, 0.6) is 0 Å². The first-order valence-corrected chi connectivity index (χ1v) is 9.07. The summed E-state index contributed by atoms with van der Waals surface area (Å²) in [5.41, 5.74) is 4.04. The molecule has 0 unspecified atom stereocenters. The molecule has 0 bridgehead atoms. The maximum absolute atomic E-state index is 12.0. The summed E-state index contributed by atoms with van der Waals surface area (Å²) in [6.07, 6.45) is 1.57.